The highest BCUT2D eigenvalue weighted by molar-refractivity contribution is 9.10. The Labute approximate surface area is 237 Å². The standard InChI is InChI=1S/C26H27BrF3N5O4S/c1-5-20-32-24(34(3)4)22(25(36)31-6-2)35(20)14-15-11-12-19-17(13-15)21(27)23(39-19)16-9-7-8-10-18(16)33-40(37,38)26(28,29)30/h7-13,33H,5-6,14H2,1-4H3,(H,31,36). The lowest BCUT2D eigenvalue weighted by Crippen LogP contribution is -2.30. The number of fused-ring (bicyclic) bond motifs is 1. The molecule has 2 heterocycles. The molecule has 4 rings (SSSR count). The molecule has 2 aromatic carbocycles. The van der Waals surface area contributed by atoms with Gasteiger partial charge in [0.2, 0.25) is 0 Å². The number of nitrogens with one attached hydrogen (secondary N) is 2. The normalized spacial score (nSPS) is 12.1. The zero-order chi connectivity index (χ0) is 29.4. The predicted molar refractivity (Wildman–Crippen MR) is 151 cm³/mol. The molecule has 9 nitrogen and oxygen atoms in total. The number of hydrogen-bond donors (Lipinski definition) is 2. The van der Waals surface area contributed by atoms with Crippen LogP contribution in [0.25, 0.3) is 22.3 Å². The number of aromatic nitrogens is 2. The number of rotatable bonds is 9. The molecule has 2 aromatic heterocycles. The summed E-state index contributed by atoms with van der Waals surface area (Å²) >= 11 is 3.49. The Balaban J connectivity index is 1.78. The Morgan fingerprint density at radius 2 is 1.85 bits per heavy atom. The molecular formula is C26H27BrF3N5O4S. The molecule has 14 heteroatoms. The first-order chi connectivity index (χ1) is 18.8. The van der Waals surface area contributed by atoms with Crippen molar-refractivity contribution in [1.29, 1.82) is 0 Å². The molecular weight excluding hydrogens is 615 g/mol. The molecule has 0 saturated heterocycles. The molecule has 0 bridgehead atoms. The fourth-order valence-corrected chi connectivity index (χ4v) is 5.43. The number of furan rings is 1. The Morgan fingerprint density at radius 3 is 2.48 bits per heavy atom. The second-order valence-electron chi connectivity index (χ2n) is 9.07. The number of alkyl halides is 3. The summed E-state index contributed by atoms with van der Waals surface area (Å²) in [6, 6.07) is 11.0. The first kappa shape index (κ1) is 29.5. The van der Waals surface area contributed by atoms with Gasteiger partial charge in [-0.3, -0.25) is 9.52 Å². The maximum Gasteiger partial charge on any atom is 0.516 e. The maximum atomic E-state index is 13.0. The summed E-state index contributed by atoms with van der Waals surface area (Å²) in [6.45, 7) is 4.56. The van der Waals surface area contributed by atoms with E-state index in [0.717, 1.165) is 11.4 Å². The second-order valence-corrected chi connectivity index (χ2v) is 11.5. The Hall–Kier alpha value is -3.52. The number of halogens is 4. The summed E-state index contributed by atoms with van der Waals surface area (Å²) in [6.07, 6.45) is 0.590. The van der Waals surface area contributed by atoms with Crippen LogP contribution < -0.4 is 14.9 Å². The van der Waals surface area contributed by atoms with Crippen molar-refractivity contribution in [3.8, 4) is 11.3 Å². The smallest absolute Gasteiger partial charge is 0.455 e. The number of para-hydroxylation sites is 1. The van der Waals surface area contributed by atoms with Gasteiger partial charge in [0.05, 0.1) is 10.2 Å². The lowest BCUT2D eigenvalue weighted by Gasteiger charge is -2.15. The fourth-order valence-electron chi connectivity index (χ4n) is 4.25. The van der Waals surface area contributed by atoms with Crippen LogP contribution in [0.3, 0.4) is 0 Å². The molecule has 0 atom stereocenters. The van der Waals surface area contributed by atoms with Gasteiger partial charge in [0.1, 0.15) is 11.4 Å². The summed E-state index contributed by atoms with van der Waals surface area (Å²) in [7, 11) is -2.01. The molecule has 0 radical (unpaired) electrons. The molecule has 0 saturated carbocycles. The third-order valence-electron chi connectivity index (χ3n) is 6.07. The first-order valence-corrected chi connectivity index (χ1v) is 14.5. The van der Waals surface area contributed by atoms with Gasteiger partial charge in [-0.2, -0.15) is 21.6 Å². The number of amides is 1. The van der Waals surface area contributed by atoms with Crippen molar-refractivity contribution in [3.63, 3.8) is 0 Å². The van der Waals surface area contributed by atoms with Gasteiger partial charge in [-0.15, -0.1) is 0 Å². The first-order valence-electron chi connectivity index (χ1n) is 12.2. The van der Waals surface area contributed by atoms with E-state index in [-0.39, 0.29) is 22.9 Å². The number of aryl methyl sites for hydroxylation is 1. The van der Waals surface area contributed by atoms with Gasteiger partial charge in [0, 0.05) is 44.6 Å². The van der Waals surface area contributed by atoms with Crippen LogP contribution in [0, 0.1) is 0 Å². The summed E-state index contributed by atoms with van der Waals surface area (Å²) in [5.41, 5.74) is -3.97. The van der Waals surface area contributed by atoms with Crippen molar-refractivity contribution in [2.24, 2.45) is 0 Å². The maximum absolute atomic E-state index is 13.0. The number of sulfonamides is 1. The lowest BCUT2D eigenvalue weighted by molar-refractivity contribution is -0.0429. The lowest BCUT2D eigenvalue weighted by atomic mass is 10.1. The van der Waals surface area contributed by atoms with Crippen LogP contribution >= 0.6 is 15.9 Å². The molecule has 2 N–H and O–H groups in total. The number of imidazole rings is 1. The molecule has 4 aromatic rings. The largest absolute Gasteiger partial charge is 0.516 e. The highest BCUT2D eigenvalue weighted by Gasteiger charge is 2.46. The minimum Gasteiger partial charge on any atom is -0.455 e. The van der Waals surface area contributed by atoms with Crippen molar-refractivity contribution >= 4 is 54.3 Å². The molecule has 0 unspecified atom stereocenters. The zero-order valence-electron chi connectivity index (χ0n) is 22.1. The van der Waals surface area contributed by atoms with E-state index in [2.05, 4.69) is 26.2 Å². The highest BCUT2D eigenvalue weighted by atomic mass is 79.9. The number of anilines is 2. The summed E-state index contributed by atoms with van der Waals surface area (Å²) in [5.74, 6) is 1.18. The second kappa shape index (κ2) is 11.2. The number of hydrogen-bond acceptors (Lipinski definition) is 6. The Morgan fingerprint density at radius 1 is 1.15 bits per heavy atom. The summed E-state index contributed by atoms with van der Waals surface area (Å²) < 4.78 is 72.5. The van der Waals surface area contributed by atoms with Crippen LogP contribution in [0.1, 0.15) is 35.7 Å². The summed E-state index contributed by atoms with van der Waals surface area (Å²) in [4.78, 5) is 19.4. The van der Waals surface area contributed by atoms with Gasteiger partial charge < -0.3 is 19.2 Å². The van der Waals surface area contributed by atoms with Gasteiger partial charge in [0.15, 0.2) is 17.3 Å². The van der Waals surface area contributed by atoms with Crippen LogP contribution in [-0.2, 0) is 23.0 Å². The van der Waals surface area contributed by atoms with E-state index in [0.29, 0.717) is 46.5 Å². The van der Waals surface area contributed by atoms with Crippen LogP contribution in [0.15, 0.2) is 51.4 Å². The van der Waals surface area contributed by atoms with E-state index in [9.17, 15) is 26.4 Å². The highest BCUT2D eigenvalue weighted by Crippen LogP contribution is 2.42. The van der Waals surface area contributed by atoms with Crippen molar-refractivity contribution in [2.45, 2.75) is 32.3 Å². The number of nitrogens with zero attached hydrogens (tertiary/aromatic N) is 3. The Bertz CT molecular complexity index is 1680. The molecule has 0 aliphatic rings. The SMILES string of the molecule is CCNC(=O)c1c(N(C)C)nc(CC)n1Cc1ccc2oc(-c3ccccc3NS(=O)(=O)C(F)(F)F)c(Br)c2c1. The van der Waals surface area contributed by atoms with E-state index in [4.69, 9.17) is 4.42 Å². The number of benzene rings is 2. The zero-order valence-corrected chi connectivity index (χ0v) is 24.5. The van der Waals surface area contributed by atoms with E-state index in [1.165, 1.54) is 18.2 Å². The topological polar surface area (TPSA) is 109 Å². The monoisotopic (exact) mass is 641 g/mol. The molecule has 0 spiro atoms. The predicted octanol–water partition coefficient (Wildman–Crippen LogP) is 5.75. The molecule has 0 aliphatic heterocycles. The Kier molecular flexibility index (Phi) is 8.22. The molecule has 0 aliphatic carbocycles. The average Bonchev–Trinajstić information content (AvgIpc) is 3.41. The number of carbonyl (C=O) groups excluding carboxylic acids is 1. The fraction of sp³-hybridized carbons (Fsp3) is 0.308. The van der Waals surface area contributed by atoms with Crippen molar-refractivity contribution in [2.75, 3.05) is 30.3 Å². The number of carbonyl (C=O) groups is 1. The molecule has 1 amide bonds. The average molecular weight is 642 g/mol. The third kappa shape index (κ3) is 5.55. The quantitative estimate of drug-likeness (QED) is 0.241. The van der Waals surface area contributed by atoms with Crippen LogP contribution in [-0.4, -0.2) is 50.0 Å². The van der Waals surface area contributed by atoms with Crippen LogP contribution in [0.5, 0.6) is 0 Å². The molecule has 0 fully saturated rings. The van der Waals surface area contributed by atoms with Gasteiger partial charge >= 0.3 is 15.5 Å². The van der Waals surface area contributed by atoms with Gasteiger partial charge in [0.25, 0.3) is 5.91 Å². The van der Waals surface area contributed by atoms with Crippen molar-refractivity contribution in [1.82, 2.24) is 14.9 Å². The van der Waals surface area contributed by atoms with E-state index in [1.807, 2.05) is 44.6 Å². The minimum atomic E-state index is -5.64. The van der Waals surface area contributed by atoms with E-state index in [1.54, 1.807) is 21.8 Å². The van der Waals surface area contributed by atoms with E-state index >= 15 is 0 Å². The molecule has 40 heavy (non-hydrogen) atoms. The van der Waals surface area contributed by atoms with Crippen LogP contribution in [0.2, 0.25) is 0 Å². The van der Waals surface area contributed by atoms with E-state index < -0.39 is 15.5 Å². The van der Waals surface area contributed by atoms with Gasteiger partial charge in [-0.05, 0) is 52.7 Å². The van der Waals surface area contributed by atoms with Crippen LogP contribution in [0.4, 0.5) is 24.7 Å². The van der Waals surface area contributed by atoms with Gasteiger partial charge in [-0.1, -0.05) is 25.1 Å². The molecule has 214 valence electrons. The van der Waals surface area contributed by atoms with Crippen molar-refractivity contribution < 1.29 is 30.8 Å². The summed E-state index contributed by atoms with van der Waals surface area (Å²) in [5, 5.41) is 3.46. The van der Waals surface area contributed by atoms with Crippen molar-refractivity contribution in [3.05, 3.63) is 64.0 Å². The third-order valence-corrected chi connectivity index (χ3v) is 7.96. The van der Waals surface area contributed by atoms with Gasteiger partial charge in [-0.25, -0.2) is 4.98 Å². The minimum absolute atomic E-state index is 0.122.